The van der Waals surface area contributed by atoms with Gasteiger partial charge in [-0.2, -0.15) is 0 Å². The zero-order chi connectivity index (χ0) is 9.14. The molecule has 0 spiro atoms. The van der Waals surface area contributed by atoms with Gasteiger partial charge in [0.2, 0.25) is 0 Å². The van der Waals surface area contributed by atoms with Crippen molar-refractivity contribution in [3.8, 4) is 5.75 Å². The Hall–Kier alpha value is -0.660. The quantitative estimate of drug-likeness (QED) is 0.714. The number of ether oxygens (including phenoxy) is 1. The van der Waals surface area contributed by atoms with Gasteiger partial charge in [0.05, 0.1) is 17.2 Å². The summed E-state index contributed by atoms with van der Waals surface area (Å²) >= 11 is 11.6. The molecule has 0 aromatic heterocycles. The number of hydrogen-bond acceptors (Lipinski definition) is 1. The van der Waals surface area contributed by atoms with E-state index in [0.29, 0.717) is 21.4 Å². The average Bonchev–Trinajstić information content (AvgIpc) is 2.09. The third-order valence-corrected chi connectivity index (χ3v) is 2.23. The lowest BCUT2D eigenvalue weighted by Crippen LogP contribution is -1.85. The summed E-state index contributed by atoms with van der Waals surface area (Å²) in [5.74, 6) is 0.649. The first kappa shape index (κ1) is 9.43. The molecular formula is C9H7Cl2O. The molecule has 12 heavy (non-hydrogen) atoms. The number of hydrogen-bond donors (Lipinski definition) is 0. The van der Waals surface area contributed by atoms with Crippen LogP contribution in [0.5, 0.6) is 5.75 Å². The monoisotopic (exact) mass is 201 g/mol. The fraction of sp³-hybridized carbons (Fsp3) is 0.111. The van der Waals surface area contributed by atoms with E-state index in [1.54, 1.807) is 19.2 Å². The summed E-state index contributed by atoms with van der Waals surface area (Å²) in [6, 6.07) is 3.37. The zero-order valence-corrected chi connectivity index (χ0v) is 8.04. The minimum atomic E-state index is 0.446. The van der Waals surface area contributed by atoms with Crippen molar-refractivity contribution in [3.05, 3.63) is 40.4 Å². The van der Waals surface area contributed by atoms with Crippen LogP contribution in [0.4, 0.5) is 0 Å². The highest BCUT2D eigenvalue weighted by molar-refractivity contribution is 6.42. The Bertz CT molecular complexity index is 308. The predicted octanol–water partition coefficient (Wildman–Crippen LogP) is 3.34. The van der Waals surface area contributed by atoms with Gasteiger partial charge in [-0.1, -0.05) is 29.8 Å². The molecule has 1 aromatic carbocycles. The largest absolute Gasteiger partial charge is 0.497 e. The van der Waals surface area contributed by atoms with E-state index in [2.05, 4.69) is 12.7 Å². The molecule has 0 aliphatic carbocycles. The van der Waals surface area contributed by atoms with Crippen LogP contribution in [0.1, 0.15) is 5.56 Å². The maximum absolute atomic E-state index is 5.83. The smallest absolute Gasteiger partial charge is 0.121 e. The summed E-state index contributed by atoms with van der Waals surface area (Å²) in [6.45, 7) is 3.48. The van der Waals surface area contributed by atoms with Gasteiger partial charge in [-0.05, 0) is 12.1 Å². The Kier molecular flexibility index (Phi) is 3.01. The number of methoxy groups -OCH3 is 1. The van der Waals surface area contributed by atoms with Gasteiger partial charge in [0.1, 0.15) is 5.75 Å². The van der Waals surface area contributed by atoms with Gasteiger partial charge >= 0.3 is 0 Å². The van der Waals surface area contributed by atoms with Crippen molar-refractivity contribution in [2.45, 2.75) is 0 Å². The second-order valence-corrected chi connectivity index (χ2v) is 2.93. The Balaban J connectivity index is 3.28. The molecule has 1 nitrogen and oxygen atoms in total. The molecule has 0 saturated carbocycles. The molecule has 3 heteroatoms. The highest BCUT2D eigenvalue weighted by Crippen LogP contribution is 2.30. The standard InChI is InChI=1S/C9H7Cl2O/c1-3-6-4-7(12-2)5-8(10)9(6)11/h4-5H,1H2,2H3. The Morgan fingerprint density at radius 1 is 1.42 bits per heavy atom. The molecule has 0 bridgehead atoms. The lowest BCUT2D eigenvalue weighted by Gasteiger charge is -2.04. The summed E-state index contributed by atoms with van der Waals surface area (Å²) in [5.41, 5.74) is 0.654. The van der Waals surface area contributed by atoms with Gasteiger partial charge in [0.25, 0.3) is 0 Å². The third-order valence-electron chi connectivity index (χ3n) is 1.43. The fourth-order valence-corrected chi connectivity index (χ4v) is 1.20. The van der Waals surface area contributed by atoms with Crippen LogP contribution < -0.4 is 4.74 Å². The summed E-state index contributed by atoms with van der Waals surface area (Å²) in [5, 5.41) is 0.898. The van der Waals surface area contributed by atoms with Crippen molar-refractivity contribution in [2.75, 3.05) is 7.11 Å². The summed E-state index contributed by atoms with van der Waals surface area (Å²) in [4.78, 5) is 0. The Morgan fingerprint density at radius 3 is 2.58 bits per heavy atom. The number of benzene rings is 1. The van der Waals surface area contributed by atoms with E-state index in [1.165, 1.54) is 0 Å². The first-order chi connectivity index (χ1) is 5.69. The second kappa shape index (κ2) is 3.83. The van der Waals surface area contributed by atoms with Crippen LogP contribution in [-0.2, 0) is 0 Å². The van der Waals surface area contributed by atoms with Gasteiger partial charge in [-0.25, -0.2) is 0 Å². The average molecular weight is 202 g/mol. The molecule has 1 radical (unpaired) electrons. The van der Waals surface area contributed by atoms with Gasteiger partial charge in [-0.15, -0.1) is 0 Å². The lowest BCUT2D eigenvalue weighted by atomic mass is 10.2. The van der Waals surface area contributed by atoms with Crippen LogP contribution in [-0.4, -0.2) is 7.11 Å². The zero-order valence-electron chi connectivity index (χ0n) is 6.53. The van der Waals surface area contributed by atoms with E-state index in [-0.39, 0.29) is 0 Å². The topological polar surface area (TPSA) is 9.23 Å². The van der Waals surface area contributed by atoms with Crippen molar-refractivity contribution in [1.82, 2.24) is 0 Å². The molecule has 0 N–H and O–H groups in total. The van der Waals surface area contributed by atoms with Crippen LogP contribution in [0.25, 0.3) is 0 Å². The minimum Gasteiger partial charge on any atom is -0.497 e. The highest BCUT2D eigenvalue weighted by atomic mass is 35.5. The van der Waals surface area contributed by atoms with E-state index in [1.807, 2.05) is 0 Å². The van der Waals surface area contributed by atoms with Crippen LogP contribution in [0.2, 0.25) is 10.0 Å². The highest BCUT2D eigenvalue weighted by Gasteiger charge is 2.04. The molecule has 1 aromatic rings. The molecule has 0 amide bonds. The molecule has 0 aliphatic heterocycles. The second-order valence-electron chi connectivity index (χ2n) is 2.15. The van der Waals surface area contributed by atoms with Gasteiger partial charge in [-0.3, -0.25) is 0 Å². The van der Waals surface area contributed by atoms with Gasteiger partial charge in [0.15, 0.2) is 0 Å². The van der Waals surface area contributed by atoms with Gasteiger partial charge < -0.3 is 4.74 Å². The van der Waals surface area contributed by atoms with Crippen molar-refractivity contribution in [2.24, 2.45) is 0 Å². The summed E-state index contributed by atoms with van der Waals surface area (Å²) in [6.07, 6.45) is 2.66. The van der Waals surface area contributed by atoms with E-state index < -0.39 is 0 Å². The van der Waals surface area contributed by atoms with Crippen LogP contribution in [0.15, 0.2) is 18.7 Å². The maximum atomic E-state index is 5.83. The fourth-order valence-electron chi connectivity index (χ4n) is 0.811. The molecule has 1 rings (SSSR count). The molecule has 0 heterocycles. The lowest BCUT2D eigenvalue weighted by molar-refractivity contribution is 0.414. The summed E-state index contributed by atoms with van der Waals surface area (Å²) < 4.78 is 4.98. The van der Waals surface area contributed by atoms with E-state index in [0.717, 1.165) is 0 Å². The molecule has 0 saturated heterocycles. The Labute approximate surface area is 81.6 Å². The SMILES string of the molecule is C=[C]c1cc(OC)cc(Cl)c1Cl. The first-order valence-electron chi connectivity index (χ1n) is 3.25. The normalized spacial score (nSPS) is 9.58. The summed E-state index contributed by atoms with van der Waals surface area (Å²) in [7, 11) is 1.56. The van der Waals surface area contributed by atoms with Crippen molar-refractivity contribution in [3.63, 3.8) is 0 Å². The number of rotatable bonds is 2. The molecule has 63 valence electrons. The molecule has 0 aliphatic rings. The molecule has 0 fully saturated rings. The van der Waals surface area contributed by atoms with E-state index in [9.17, 15) is 0 Å². The minimum absolute atomic E-state index is 0.446. The third kappa shape index (κ3) is 1.74. The number of halogens is 2. The van der Waals surface area contributed by atoms with Crippen LogP contribution >= 0.6 is 23.2 Å². The predicted molar refractivity (Wildman–Crippen MR) is 51.0 cm³/mol. The van der Waals surface area contributed by atoms with Gasteiger partial charge in [0, 0.05) is 11.6 Å². The van der Waals surface area contributed by atoms with Crippen molar-refractivity contribution in [1.29, 1.82) is 0 Å². The van der Waals surface area contributed by atoms with E-state index >= 15 is 0 Å². The van der Waals surface area contributed by atoms with Crippen LogP contribution in [0.3, 0.4) is 0 Å². The molecular weight excluding hydrogens is 195 g/mol. The maximum Gasteiger partial charge on any atom is 0.121 e. The van der Waals surface area contributed by atoms with E-state index in [4.69, 9.17) is 27.9 Å². The first-order valence-corrected chi connectivity index (χ1v) is 4.00. The Morgan fingerprint density at radius 2 is 2.08 bits per heavy atom. The van der Waals surface area contributed by atoms with Crippen LogP contribution in [0, 0.1) is 6.08 Å². The van der Waals surface area contributed by atoms with Crippen molar-refractivity contribution >= 4 is 23.2 Å². The molecule has 0 atom stereocenters. The molecule has 0 unspecified atom stereocenters. The van der Waals surface area contributed by atoms with Crippen molar-refractivity contribution < 1.29 is 4.74 Å².